The topological polar surface area (TPSA) is 91.9 Å². The fourth-order valence-corrected chi connectivity index (χ4v) is 3.53. The van der Waals surface area contributed by atoms with Gasteiger partial charge < -0.3 is 15.4 Å². The third kappa shape index (κ3) is 6.26. The zero-order valence-corrected chi connectivity index (χ0v) is 18.6. The van der Waals surface area contributed by atoms with E-state index >= 15 is 0 Å². The first-order valence-corrected chi connectivity index (χ1v) is 10.8. The van der Waals surface area contributed by atoms with Crippen LogP contribution in [-0.4, -0.2) is 27.6 Å². The summed E-state index contributed by atoms with van der Waals surface area (Å²) >= 11 is 0. The van der Waals surface area contributed by atoms with Crippen molar-refractivity contribution in [1.29, 1.82) is 0 Å². The SMILES string of the molecule is O=C(Nc1ccc(Oc2ccnc3[nH]ncc23)cc1)Nc1ccc(CCCC(F)F)c(C(F)(F)F)c1. The lowest BCUT2D eigenvalue weighted by Gasteiger charge is -2.15. The average molecular weight is 505 g/mol. The summed E-state index contributed by atoms with van der Waals surface area (Å²) in [6.45, 7) is 0. The maximum atomic E-state index is 13.5. The largest absolute Gasteiger partial charge is 0.456 e. The minimum absolute atomic E-state index is 0.0815. The number of benzene rings is 2. The van der Waals surface area contributed by atoms with E-state index in [1.807, 2.05) is 0 Å². The molecule has 4 aromatic rings. The highest BCUT2D eigenvalue weighted by Gasteiger charge is 2.33. The van der Waals surface area contributed by atoms with E-state index in [9.17, 15) is 26.7 Å². The van der Waals surface area contributed by atoms with Crippen molar-refractivity contribution in [2.45, 2.75) is 31.9 Å². The first-order chi connectivity index (χ1) is 17.2. The third-order valence-corrected chi connectivity index (χ3v) is 5.20. The quantitative estimate of drug-likeness (QED) is 0.225. The lowest BCUT2D eigenvalue weighted by molar-refractivity contribution is -0.138. The second-order valence-corrected chi connectivity index (χ2v) is 7.80. The molecule has 0 aliphatic heterocycles. The fourth-order valence-electron chi connectivity index (χ4n) is 3.53. The van der Waals surface area contributed by atoms with Gasteiger partial charge in [-0.05, 0) is 60.9 Å². The Morgan fingerprint density at radius 3 is 2.47 bits per heavy atom. The number of carbonyl (C=O) groups is 1. The second kappa shape index (κ2) is 10.6. The van der Waals surface area contributed by atoms with Crippen LogP contribution in [-0.2, 0) is 12.6 Å². The minimum Gasteiger partial charge on any atom is -0.456 e. The zero-order chi connectivity index (χ0) is 25.7. The fraction of sp³-hybridized carbons (Fsp3) is 0.208. The van der Waals surface area contributed by atoms with Gasteiger partial charge in [-0.15, -0.1) is 0 Å². The van der Waals surface area contributed by atoms with Crippen molar-refractivity contribution in [3.8, 4) is 11.5 Å². The number of H-pyrrole nitrogens is 1. The van der Waals surface area contributed by atoms with Gasteiger partial charge in [-0.2, -0.15) is 18.3 Å². The van der Waals surface area contributed by atoms with E-state index in [1.54, 1.807) is 42.7 Å². The molecule has 0 radical (unpaired) electrons. The summed E-state index contributed by atoms with van der Waals surface area (Å²) in [6.07, 6.45) is -4.84. The van der Waals surface area contributed by atoms with Crippen LogP contribution < -0.4 is 15.4 Å². The number of ether oxygens (including phenoxy) is 1. The van der Waals surface area contributed by atoms with Crippen LogP contribution in [0, 0.1) is 0 Å². The van der Waals surface area contributed by atoms with Crippen LogP contribution >= 0.6 is 0 Å². The first kappa shape index (κ1) is 24.9. The Morgan fingerprint density at radius 1 is 1.03 bits per heavy atom. The number of alkyl halides is 5. The molecule has 12 heteroatoms. The molecule has 3 N–H and O–H groups in total. The van der Waals surface area contributed by atoms with E-state index in [1.165, 1.54) is 12.1 Å². The van der Waals surface area contributed by atoms with Crippen LogP contribution in [0.15, 0.2) is 60.9 Å². The molecule has 2 aromatic carbocycles. The van der Waals surface area contributed by atoms with Gasteiger partial charge in [-0.1, -0.05) is 6.07 Å². The Morgan fingerprint density at radius 2 is 1.75 bits per heavy atom. The molecule has 0 atom stereocenters. The Hall–Kier alpha value is -4.22. The van der Waals surface area contributed by atoms with Crippen LogP contribution in [0.3, 0.4) is 0 Å². The van der Waals surface area contributed by atoms with E-state index in [-0.39, 0.29) is 24.1 Å². The molecule has 0 bridgehead atoms. The predicted octanol–water partition coefficient (Wildman–Crippen LogP) is 7.00. The molecule has 2 aromatic heterocycles. The molecule has 0 spiro atoms. The molecular weight excluding hydrogens is 485 g/mol. The van der Waals surface area contributed by atoms with Gasteiger partial charge in [0.05, 0.1) is 17.1 Å². The smallest absolute Gasteiger partial charge is 0.416 e. The molecule has 4 rings (SSSR count). The number of anilines is 2. The lowest BCUT2D eigenvalue weighted by atomic mass is 10.0. The highest BCUT2D eigenvalue weighted by Crippen LogP contribution is 2.35. The van der Waals surface area contributed by atoms with Gasteiger partial charge in [0.1, 0.15) is 11.5 Å². The number of fused-ring (bicyclic) bond motifs is 1. The number of aromatic nitrogens is 3. The number of halogens is 5. The second-order valence-electron chi connectivity index (χ2n) is 7.80. The van der Waals surface area contributed by atoms with Crippen molar-refractivity contribution in [1.82, 2.24) is 15.2 Å². The van der Waals surface area contributed by atoms with E-state index in [4.69, 9.17) is 4.74 Å². The number of nitrogens with zero attached hydrogens (tertiary/aromatic N) is 2. The van der Waals surface area contributed by atoms with Crippen molar-refractivity contribution < 1.29 is 31.5 Å². The standard InChI is InChI=1S/C24H20F5N5O2/c25-21(26)3-1-2-14-4-5-16(12-19(14)24(27,28)29)33-23(35)32-15-6-8-17(9-7-15)36-20-10-11-30-22-18(20)13-31-34-22/h4-13,21H,1-3H2,(H,30,31,34)(H2,32,33,35). The van der Waals surface area contributed by atoms with Crippen LogP contribution in [0.5, 0.6) is 11.5 Å². The highest BCUT2D eigenvalue weighted by atomic mass is 19.4. The van der Waals surface area contributed by atoms with Gasteiger partial charge in [-0.3, -0.25) is 5.10 Å². The van der Waals surface area contributed by atoms with Gasteiger partial charge in [0.2, 0.25) is 6.43 Å². The molecule has 0 fully saturated rings. The van der Waals surface area contributed by atoms with Crippen molar-refractivity contribution >= 4 is 28.4 Å². The van der Waals surface area contributed by atoms with Crippen LogP contribution in [0.1, 0.15) is 24.0 Å². The van der Waals surface area contributed by atoms with Crippen molar-refractivity contribution in [3.63, 3.8) is 0 Å². The van der Waals surface area contributed by atoms with Crippen molar-refractivity contribution in [2.24, 2.45) is 0 Å². The minimum atomic E-state index is -4.69. The molecule has 0 aliphatic rings. The van der Waals surface area contributed by atoms with Crippen LogP contribution in [0.2, 0.25) is 0 Å². The van der Waals surface area contributed by atoms with Gasteiger partial charge in [-0.25, -0.2) is 18.6 Å². The molecular formula is C24H20F5N5O2. The highest BCUT2D eigenvalue weighted by molar-refractivity contribution is 5.99. The number of rotatable bonds is 8. The average Bonchev–Trinajstić information content (AvgIpc) is 3.30. The molecule has 2 amide bonds. The van der Waals surface area contributed by atoms with Crippen LogP contribution in [0.25, 0.3) is 11.0 Å². The summed E-state index contributed by atoms with van der Waals surface area (Å²) in [4.78, 5) is 16.5. The number of urea groups is 1. The van der Waals surface area contributed by atoms with E-state index < -0.39 is 30.6 Å². The molecule has 0 saturated heterocycles. The number of amides is 2. The lowest BCUT2D eigenvalue weighted by Crippen LogP contribution is -2.20. The predicted molar refractivity (Wildman–Crippen MR) is 123 cm³/mol. The summed E-state index contributed by atoms with van der Waals surface area (Å²) in [5.74, 6) is 1.01. The summed E-state index contributed by atoms with van der Waals surface area (Å²) in [5, 5.41) is 12.2. The molecule has 0 saturated carbocycles. The van der Waals surface area contributed by atoms with Gasteiger partial charge in [0, 0.05) is 24.0 Å². The van der Waals surface area contributed by atoms with E-state index in [2.05, 4.69) is 25.8 Å². The molecule has 188 valence electrons. The number of hydrogen-bond acceptors (Lipinski definition) is 4. The van der Waals surface area contributed by atoms with E-state index in [0.29, 0.717) is 28.2 Å². The third-order valence-electron chi connectivity index (χ3n) is 5.20. The first-order valence-electron chi connectivity index (χ1n) is 10.8. The summed E-state index contributed by atoms with van der Waals surface area (Å²) < 4.78 is 70.9. The normalized spacial score (nSPS) is 11.6. The maximum absolute atomic E-state index is 13.5. The van der Waals surface area contributed by atoms with Crippen molar-refractivity contribution in [3.05, 3.63) is 72.1 Å². The summed E-state index contributed by atoms with van der Waals surface area (Å²) in [6, 6.07) is 10.6. The number of aryl methyl sites for hydroxylation is 1. The Bertz CT molecular complexity index is 1340. The molecule has 7 nitrogen and oxygen atoms in total. The Kier molecular flexibility index (Phi) is 7.32. The van der Waals surface area contributed by atoms with Crippen LogP contribution in [0.4, 0.5) is 38.1 Å². The zero-order valence-electron chi connectivity index (χ0n) is 18.6. The maximum Gasteiger partial charge on any atom is 0.416 e. The number of aromatic amines is 1. The number of hydrogen-bond donors (Lipinski definition) is 3. The number of carbonyl (C=O) groups excluding carboxylic acids is 1. The summed E-state index contributed by atoms with van der Waals surface area (Å²) in [5.41, 5.74) is -0.218. The van der Waals surface area contributed by atoms with E-state index in [0.717, 1.165) is 6.07 Å². The van der Waals surface area contributed by atoms with Gasteiger partial charge in [0.25, 0.3) is 0 Å². The number of nitrogens with one attached hydrogen (secondary N) is 3. The molecule has 36 heavy (non-hydrogen) atoms. The Balaban J connectivity index is 1.39. The van der Waals surface area contributed by atoms with Gasteiger partial charge >= 0.3 is 12.2 Å². The van der Waals surface area contributed by atoms with Gasteiger partial charge in [0.15, 0.2) is 5.65 Å². The molecule has 0 aliphatic carbocycles. The molecule has 0 unspecified atom stereocenters. The Labute approximate surface area is 201 Å². The molecule has 2 heterocycles. The van der Waals surface area contributed by atoms with Crippen molar-refractivity contribution in [2.75, 3.05) is 10.6 Å². The summed E-state index contributed by atoms with van der Waals surface area (Å²) in [7, 11) is 0. The number of pyridine rings is 1. The monoisotopic (exact) mass is 505 g/mol.